The molecule has 21 heavy (non-hydrogen) atoms. The molecule has 0 radical (unpaired) electrons. The molecule has 0 saturated heterocycles. The fourth-order valence-electron chi connectivity index (χ4n) is 2.15. The normalized spacial score (nSPS) is 12.1. The molecule has 0 aliphatic heterocycles. The van der Waals surface area contributed by atoms with Crippen LogP contribution >= 0.6 is 15.9 Å². The first kappa shape index (κ1) is 15.6. The second kappa shape index (κ2) is 6.78. The lowest BCUT2D eigenvalue weighted by atomic mass is 9.99. The standard InChI is InChI=1S/C15H14BrFN2O2/c16-13-4-2-1-3-11(13)9-12(18)7-10-5-6-15(19(20)21)14(17)8-10/h1-6,8,12H,7,9,18H2. The summed E-state index contributed by atoms with van der Waals surface area (Å²) < 4.78 is 14.5. The molecule has 0 aliphatic rings. The number of rotatable bonds is 5. The Labute approximate surface area is 130 Å². The molecule has 4 nitrogen and oxygen atoms in total. The van der Waals surface area contributed by atoms with Crippen molar-refractivity contribution < 1.29 is 9.31 Å². The van der Waals surface area contributed by atoms with E-state index < -0.39 is 16.4 Å². The molecule has 2 aromatic carbocycles. The first-order chi connectivity index (χ1) is 9.97. The average molecular weight is 353 g/mol. The van der Waals surface area contributed by atoms with Gasteiger partial charge in [-0.15, -0.1) is 0 Å². The number of halogens is 2. The molecule has 0 spiro atoms. The van der Waals surface area contributed by atoms with Gasteiger partial charge in [-0.05, 0) is 36.1 Å². The van der Waals surface area contributed by atoms with E-state index in [4.69, 9.17) is 5.73 Å². The third kappa shape index (κ3) is 4.09. The number of hydrogen-bond acceptors (Lipinski definition) is 3. The van der Waals surface area contributed by atoms with E-state index in [0.717, 1.165) is 10.0 Å². The summed E-state index contributed by atoms with van der Waals surface area (Å²) >= 11 is 3.46. The van der Waals surface area contributed by atoms with Crippen LogP contribution < -0.4 is 5.73 Å². The Balaban J connectivity index is 2.06. The van der Waals surface area contributed by atoms with Crippen molar-refractivity contribution in [2.75, 3.05) is 0 Å². The molecule has 2 aromatic rings. The summed E-state index contributed by atoms with van der Waals surface area (Å²) in [6, 6.07) is 11.5. The highest BCUT2D eigenvalue weighted by molar-refractivity contribution is 9.10. The zero-order valence-corrected chi connectivity index (χ0v) is 12.7. The van der Waals surface area contributed by atoms with Crippen LogP contribution in [-0.2, 0) is 12.8 Å². The van der Waals surface area contributed by atoms with Crippen molar-refractivity contribution in [2.24, 2.45) is 5.73 Å². The molecule has 0 saturated carbocycles. The van der Waals surface area contributed by atoms with E-state index in [1.165, 1.54) is 12.1 Å². The highest BCUT2D eigenvalue weighted by Crippen LogP contribution is 2.21. The van der Waals surface area contributed by atoms with Crippen LogP contribution in [0.2, 0.25) is 0 Å². The van der Waals surface area contributed by atoms with Gasteiger partial charge in [0.2, 0.25) is 5.82 Å². The Morgan fingerprint density at radius 1 is 1.24 bits per heavy atom. The van der Waals surface area contributed by atoms with Crippen LogP contribution in [-0.4, -0.2) is 11.0 Å². The molecule has 0 aromatic heterocycles. The van der Waals surface area contributed by atoms with Gasteiger partial charge >= 0.3 is 5.69 Å². The van der Waals surface area contributed by atoms with E-state index >= 15 is 0 Å². The van der Waals surface area contributed by atoms with Crippen molar-refractivity contribution in [1.82, 2.24) is 0 Å². The monoisotopic (exact) mass is 352 g/mol. The maximum atomic E-state index is 13.6. The van der Waals surface area contributed by atoms with Gasteiger partial charge in [0.25, 0.3) is 0 Å². The number of nitrogens with zero attached hydrogens (tertiary/aromatic N) is 1. The minimum Gasteiger partial charge on any atom is -0.327 e. The van der Waals surface area contributed by atoms with Crippen LogP contribution in [0.1, 0.15) is 11.1 Å². The molecular formula is C15H14BrFN2O2. The van der Waals surface area contributed by atoms with E-state index in [-0.39, 0.29) is 6.04 Å². The largest absolute Gasteiger partial charge is 0.327 e. The summed E-state index contributed by atoms with van der Waals surface area (Å²) in [6.07, 6.45) is 1.09. The van der Waals surface area contributed by atoms with Crippen molar-refractivity contribution in [3.63, 3.8) is 0 Å². The molecule has 0 amide bonds. The van der Waals surface area contributed by atoms with Crippen LogP contribution in [0.3, 0.4) is 0 Å². The minimum atomic E-state index is -0.828. The van der Waals surface area contributed by atoms with Gasteiger partial charge in [-0.1, -0.05) is 40.2 Å². The zero-order chi connectivity index (χ0) is 15.4. The third-order valence-corrected chi connectivity index (χ3v) is 3.92. The van der Waals surface area contributed by atoms with E-state index in [1.807, 2.05) is 24.3 Å². The lowest BCUT2D eigenvalue weighted by molar-refractivity contribution is -0.387. The fourth-order valence-corrected chi connectivity index (χ4v) is 2.59. The summed E-state index contributed by atoms with van der Waals surface area (Å²) in [5.74, 6) is -0.828. The Hall–Kier alpha value is -1.79. The van der Waals surface area contributed by atoms with Gasteiger partial charge in [0.1, 0.15) is 0 Å². The molecule has 1 unspecified atom stereocenters. The summed E-state index contributed by atoms with van der Waals surface area (Å²) in [5, 5.41) is 10.6. The molecule has 2 rings (SSSR count). The molecular weight excluding hydrogens is 339 g/mol. The summed E-state index contributed by atoms with van der Waals surface area (Å²) in [7, 11) is 0. The Kier molecular flexibility index (Phi) is 5.03. The number of nitrogens with two attached hydrogens (primary N) is 1. The lowest BCUT2D eigenvalue weighted by Gasteiger charge is -2.13. The van der Waals surface area contributed by atoms with E-state index in [9.17, 15) is 14.5 Å². The second-order valence-corrected chi connectivity index (χ2v) is 5.66. The fraction of sp³-hybridized carbons (Fsp3) is 0.200. The van der Waals surface area contributed by atoms with Crippen LogP contribution in [0.5, 0.6) is 0 Å². The Bertz CT molecular complexity index is 664. The maximum Gasteiger partial charge on any atom is 0.304 e. The maximum absolute atomic E-state index is 13.6. The molecule has 110 valence electrons. The number of benzene rings is 2. The highest BCUT2D eigenvalue weighted by Gasteiger charge is 2.15. The van der Waals surface area contributed by atoms with Gasteiger partial charge in [-0.25, -0.2) is 0 Å². The van der Waals surface area contributed by atoms with Crippen molar-refractivity contribution in [3.05, 3.63) is 74.0 Å². The predicted molar refractivity (Wildman–Crippen MR) is 82.6 cm³/mol. The number of nitro benzene ring substituents is 1. The first-order valence-electron chi connectivity index (χ1n) is 6.39. The second-order valence-electron chi connectivity index (χ2n) is 4.80. The Morgan fingerprint density at radius 3 is 2.57 bits per heavy atom. The number of nitro groups is 1. The molecule has 2 N–H and O–H groups in total. The van der Waals surface area contributed by atoms with Crippen molar-refractivity contribution in [3.8, 4) is 0 Å². The first-order valence-corrected chi connectivity index (χ1v) is 7.18. The zero-order valence-electron chi connectivity index (χ0n) is 11.1. The summed E-state index contributed by atoms with van der Waals surface area (Å²) in [4.78, 5) is 9.83. The summed E-state index contributed by atoms with van der Waals surface area (Å²) in [5.41, 5.74) is 7.29. The lowest BCUT2D eigenvalue weighted by Crippen LogP contribution is -2.25. The predicted octanol–water partition coefficient (Wildman–Crippen LogP) is 3.61. The van der Waals surface area contributed by atoms with Crippen LogP contribution in [0.25, 0.3) is 0 Å². The van der Waals surface area contributed by atoms with Crippen molar-refractivity contribution in [2.45, 2.75) is 18.9 Å². The van der Waals surface area contributed by atoms with Gasteiger partial charge in [0, 0.05) is 16.6 Å². The van der Waals surface area contributed by atoms with Crippen molar-refractivity contribution >= 4 is 21.6 Å². The van der Waals surface area contributed by atoms with Gasteiger partial charge in [-0.3, -0.25) is 10.1 Å². The molecule has 0 heterocycles. The van der Waals surface area contributed by atoms with Crippen LogP contribution in [0, 0.1) is 15.9 Å². The van der Waals surface area contributed by atoms with E-state index in [0.29, 0.717) is 18.4 Å². The molecule has 0 aliphatic carbocycles. The SMILES string of the molecule is NC(Cc1ccc([N+](=O)[O-])c(F)c1)Cc1ccccc1Br. The van der Waals surface area contributed by atoms with E-state index in [2.05, 4.69) is 15.9 Å². The van der Waals surface area contributed by atoms with Gasteiger partial charge in [0.15, 0.2) is 0 Å². The van der Waals surface area contributed by atoms with Gasteiger partial charge in [-0.2, -0.15) is 4.39 Å². The quantitative estimate of drug-likeness (QED) is 0.660. The molecule has 6 heteroatoms. The topological polar surface area (TPSA) is 69.2 Å². The van der Waals surface area contributed by atoms with Crippen LogP contribution in [0.4, 0.5) is 10.1 Å². The van der Waals surface area contributed by atoms with E-state index in [1.54, 1.807) is 6.07 Å². The highest BCUT2D eigenvalue weighted by atomic mass is 79.9. The summed E-state index contributed by atoms with van der Waals surface area (Å²) in [6.45, 7) is 0. The minimum absolute atomic E-state index is 0.190. The van der Waals surface area contributed by atoms with Crippen LogP contribution in [0.15, 0.2) is 46.9 Å². The van der Waals surface area contributed by atoms with Crippen molar-refractivity contribution in [1.29, 1.82) is 0 Å². The smallest absolute Gasteiger partial charge is 0.304 e. The van der Waals surface area contributed by atoms with Gasteiger partial charge < -0.3 is 5.73 Å². The van der Waals surface area contributed by atoms with Gasteiger partial charge in [0.05, 0.1) is 4.92 Å². The number of hydrogen-bond donors (Lipinski definition) is 1. The molecule has 0 bridgehead atoms. The molecule has 0 fully saturated rings. The molecule has 1 atom stereocenters. The Morgan fingerprint density at radius 2 is 1.95 bits per heavy atom. The average Bonchev–Trinajstić information content (AvgIpc) is 2.41. The third-order valence-electron chi connectivity index (χ3n) is 3.15.